The molecule has 0 saturated carbocycles. The molecule has 0 unspecified atom stereocenters. The zero-order chi connectivity index (χ0) is 33.2. The summed E-state index contributed by atoms with van der Waals surface area (Å²) in [5.74, 6) is 0. The molecule has 0 N–H and O–H groups in total. The van der Waals surface area contributed by atoms with Crippen LogP contribution in [0.3, 0.4) is 0 Å². The van der Waals surface area contributed by atoms with Crippen LogP contribution in [0, 0.1) is 0 Å². The molecule has 0 radical (unpaired) electrons. The van der Waals surface area contributed by atoms with Crippen molar-refractivity contribution in [2.45, 2.75) is 196 Å². The number of nitrogens with zero attached hydrogens (tertiary/aromatic N) is 2. The minimum absolute atomic E-state index is 0. The first kappa shape index (κ1) is 43.3. The number of benzene rings is 2. The van der Waals surface area contributed by atoms with Gasteiger partial charge in [0.2, 0.25) is 0 Å². The number of hydrogen-bond donors (Lipinski definition) is 0. The fourth-order valence-electron chi connectivity index (χ4n) is 6.42. The summed E-state index contributed by atoms with van der Waals surface area (Å²) in [4.78, 5) is 11.0. The molecule has 0 aliphatic rings. The largest absolute Gasteiger partial charge is 0.252 e. The number of hydrogen-bond acceptors (Lipinski definition) is 2. The van der Waals surface area contributed by atoms with Crippen molar-refractivity contribution in [2.75, 3.05) is 0 Å². The summed E-state index contributed by atoms with van der Waals surface area (Å²) in [6.45, 7) is 13.8. The number of aliphatic imine (C=N–C) groups is 2. The number of aryl methyl sites for hydroxylation is 4. The van der Waals surface area contributed by atoms with Gasteiger partial charge in [-0.2, -0.15) is 0 Å². The average Bonchev–Trinajstić information content (AvgIpc) is 3.07. The van der Waals surface area contributed by atoms with Gasteiger partial charge >= 0.3 is 0 Å². The van der Waals surface area contributed by atoms with E-state index in [9.17, 15) is 0 Å². The quantitative estimate of drug-likeness (QED) is 0.0507. The molecule has 0 aliphatic heterocycles. The third-order valence-corrected chi connectivity index (χ3v) is 9.47. The second-order valence-corrected chi connectivity index (χ2v) is 13.8. The van der Waals surface area contributed by atoms with Crippen molar-refractivity contribution in [1.82, 2.24) is 0 Å². The number of unbranched alkanes of at least 4 members (excludes halogenated alkanes) is 12. The van der Waals surface area contributed by atoms with E-state index in [1.807, 2.05) is 0 Å². The van der Waals surface area contributed by atoms with Crippen LogP contribution in [-0.2, 0) is 42.2 Å². The monoisotopic (exact) mass is 687 g/mol. The molecular weight excluding hydrogens is 615 g/mol. The summed E-state index contributed by atoms with van der Waals surface area (Å²) in [7, 11) is 0. The molecule has 2 aromatic rings. The standard InChI is InChI=1S/C44H72N2.Ni/c1-7-13-19-21-22-24-30-44(46-42-34-32-38(26-16-10-4)40(36-42)28-18-12-6)43(29-23-20-14-8-2)45-41-33-31-37(25-15-9-3)39(35-41)27-17-11-5;/h31-36H,7-30H2,1-6H3;/b45-43+,46-44+;. The van der Waals surface area contributed by atoms with E-state index in [2.05, 4.69) is 77.9 Å². The first-order chi connectivity index (χ1) is 22.6. The van der Waals surface area contributed by atoms with Crippen molar-refractivity contribution >= 4 is 22.8 Å². The Bertz CT molecular complexity index is 1130. The molecule has 3 heteroatoms. The first-order valence-electron chi connectivity index (χ1n) is 20.0. The van der Waals surface area contributed by atoms with Crippen LogP contribution < -0.4 is 0 Å². The summed E-state index contributed by atoms with van der Waals surface area (Å²) in [5.41, 5.74) is 10.8. The van der Waals surface area contributed by atoms with E-state index in [0.29, 0.717) is 0 Å². The molecule has 2 rings (SSSR count). The molecule has 0 amide bonds. The minimum atomic E-state index is 0. The van der Waals surface area contributed by atoms with Gasteiger partial charge in [-0.3, -0.25) is 9.98 Å². The summed E-state index contributed by atoms with van der Waals surface area (Å²) in [6, 6.07) is 14.2. The Kier molecular flexibility index (Phi) is 25.9. The van der Waals surface area contributed by atoms with E-state index in [0.717, 1.165) is 37.1 Å². The minimum Gasteiger partial charge on any atom is -0.252 e. The molecule has 0 atom stereocenters. The maximum Gasteiger partial charge on any atom is 0.0636 e. The average molecular weight is 688 g/mol. The fraction of sp³-hybridized carbons (Fsp3) is 0.682. The Labute approximate surface area is 302 Å². The number of rotatable bonds is 27. The molecule has 268 valence electrons. The van der Waals surface area contributed by atoms with Gasteiger partial charge in [0.05, 0.1) is 22.8 Å². The zero-order valence-corrected chi connectivity index (χ0v) is 32.6. The summed E-state index contributed by atoms with van der Waals surface area (Å²) in [5, 5.41) is 0. The van der Waals surface area contributed by atoms with E-state index < -0.39 is 0 Å². The third kappa shape index (κ3) is 18.0. The summed E-state index contributed by atoms with van der Waals surface area (Å²) >= 11 is 0. The Morgan fingerprint density at radius 3 is 1.09 bits per heavy atom. The molecule has 2 aromatic carbocycles. The van der Waals surface area contributed by atoms with Gasteiger partial charge in [0.1, 0.15) is 0 Å². The van der Waals surface area contributed by atoms with Crippen molar-refractivity contribution in [3.8, 4) is 0 Å². The zero-order valence-electron chi connectivity index (χ0n) is 31.6. The SMILES string of the molecule is CCCCCCCCC(=N\c1ccc(CCCC)c(CCCC)c1)/C(CCCCCC)=N/c1ccc(CCCC)c(CCCC)c1.[Ni]. The smallest absolute Gasteiger partial charge is 0.0636 e. The van der Waals surface area contributed by atoms with Crippen LogP contribution in [0.15, 0.2) is 46.4 Å². The van der Waals surface area contributed by atoms with Crippen LogP contribution >= 0.6 is 0 Å². The van der Waals surface area contributed by atoms with Gasteiger partial charge in [-0.15, -0.1) is 0 Å². The fourth-order valence-corrected chi connectivity index (χ4v) is 6.42. The van der Waals surface area contributed by atoms with E-state index in [1.165, 1.54) is 162 Å². The maximum absolute atomic E-state index is 5.49. The first-order valence-corrected chi connectivity index (χ1v) is 20.0. The van der Waals surface area contributed by atoms with Crippen molar-refractivity contribution in [3.05, 3.63) is 58.7 Å². The van der Waals surface area contributed by atoms with Crippen molar-refractivity contribution in [3.63, 3.8) is 0 Å². The van der Waals surface area contributed by atoms with Crippen LogP contribution in [0.4, 0.5) is 11.4 Å². The van der Waals surface area contributed by atoms with Gasteiger partial charge in [-0.25, -0.2) is 0 Å². The Morgan fingerprint density at radius 1 is 0.383 bits per heavy atom. The molecule has 0 aromatic heterocycles. The van der Waals surface area contributed by atoms with Gasteiger partial charge < -0.3 is 0 Å². The van der Waals surface area contributed by atoms with E-state index in [4.69, 9.17) is 9.98 Å². The predicted octanol–water partition coefficient (Wildman–Crippen LogP) is 14.6. The van der Waals surface area contributed by atoms with Crippen LogP contribution in [0.2, 0.25) is 0 Å². The summed E-state index contributed by atoms with van der Waals surface area (Å²) < 4.78 is 0. The van der Waals surface area contributed by atoms with Crippen LogP contribution in [0.25, 0.3) is 0 Å². The second kappa shape index (κ2) is 28.1. The van der Waals surface area contributed by atoms with Gasteiger partial charge in [0.15, 0.2) is 0 Å². The van der Waals surface area contributed by atoms with Crippen LogP contribution in [0.1, 0.15) is 192 Å². The van der Waals surface area contributed by atoms with Gasteiger partial charge in [-0.05, 0) is 124 Å². The third-order valence-electron chi connectivity index (χ3n) is 9.47. The van der Waals surface area contributed by atoms with Crippen molar-refractivity contribution in [2.24, 2.45) is 9.98 Å². The predicted molar refractivity (Wildman–Crippen MR) is 208 cm³/mol. The van der Waals surface area contributed by atoms with E-state index in [1.54, 1.807) is 0 Å². The Morgan fingerprint density at radius 2 is 0.702 bits per heavy atom. The topological polar surface area (TPSA) is 24.7 Å². The molecular formula is C44H72N2Ni. The van der Waals surface area contributed by atoms with Crippen molar-refractivity contribution < 1.29 is 16.5 Å². The van der Waals surface area contributed by atoms with Gasteiger partial charge in [-0.1, -0.05) is 131 Å². The second-order valence-electron chi connectivity index (χ2n) is 13.8. The molecule has 0 heterocycles. The molecule has 0 saturated heterocycles. The Balaban J connectivity index is 0.0000110. The maximum atomic E-state index is 5.49. The van der Waals surface area contributed by atoms with Crippen LogP contribution in [0.5, 0.6) is 0 Å². The van der Waals surface area contributed by atoms with Gasteiger partial charge in [0, 0.05) is 16.5 Å². The molecule has 0 fully saturated rings. The molecule has 0 spiro atoms. The van der Waals surface area contributed by atoms with E-state index in [-0.39, 0.29) is 16.5 Å². The molecule has 47 heavy (non-hydrogen) atoms. The normalized spacial score (nSPS) is 12.0. The van der Waals surface area contributed by atoms with Crippen molar-refractivity contribution in [1.29, 1.82) is 0 Å². The van der Waals surface area contributed by atoms with Crippen LogP contribution in [-0.4, -0.2) is 11.4 Å². The Hall–Kier alpha value is -1.73. The molecule has 2 nitrogen and oxygen atoms in total. The summed E-state index contributed by atoms with van der Waals surface area (Å²) in [6.07, 6.45) is 29.5. The molecule has 0 aliphatic carbocycles. The van der Waals surface area contributed by atoms with Gasteiger partial charge in [0.25, 0.3) is 0 Å². The molecule has 0 bridgehead atoms. The van der Waals surface area contributed by atoms with E-state index >= 15 is 0 Å².